The van der Waals surface area contributed by atoms with Crippen molar-refractivity contribution in [3.63, 3.8) is 0 Å². The van der Waals surface area contributed by atoms with Crippen molar-refractivity contribution in [2.75, 3.05) is 0 Å². The monoisotopic (exact) mass is 431 g/mol. The van der Waals surface area contributed by atoms with E-state index >= 15 is 0 Å². The largest absolute Gasteiger partial charge is 0.433 e. The van der Waals surface area contributed by atoms with Gasteiger partial charge in [-0.15, -0.1) is 0 Å². The van der Waals surface area contributed by atoms with E-state index in [0.29, 0.717) is 10.6 Å². The summed E-state index contributed by atoms with van der Waals surface area (Å²) < 4.78 is 41.7. The number of nitrogens with zero attached hydrogens (tertiary/aromatic N) is 3. The van der Waals surface area contributed by atoms with Crippen LogP contribution in [0.3, 0.4) is 0 Å². The Morgan fingerprint density at radius 1 is 0.897 bits per heavy atom. The number of alkyl halides is 3. The summed E-state index contributed by atoms with van der Waals surface area (Å²) in [6.07, 6.45) is -3.37. The second-order valence-corrected chi connectivity index (χ2v) is 6.88. The van der Waals surface area contributed by atoms with Crippen LogP contribution in [-0.4, -0.2) is 14.6 Å². The van der Waals surface area contributed by atoms with Crippen LogP contribution in [0.25, 0.3) is 16.9 Å². The van der Waals surface area contributed by atoms with E-state index in [0.717, 1.165) is 16.1 Å². The van der Waals surface area contributed by atoms with Crippen LogP contribution in [0, 0.1) is 11.8 Å². The van der Waals surface area contributed by atoms with E-state index < -0.39 is 11.9 Å². The number of fused-ring (bicyclic) bond motifs is 1. The molecule has 0 N–H and O–H groups in total. The molecule has 4 rings (SSSR count). The molecule has 0 spiro atoms. The van der Waals surface area contributed by atoms with Gasteiger partial charge in [0.15, 0.2) is 11.3 Å². The molecule has 2 heterocycles. The highest BCUT2D eigenvalue weighted by Crippen LogP contribution is 2.34. The predicted molar refractivity (Wildman–Crippen MR) is 106 cm³/mol. The molecule has 0 saturated carbocycles. The van der Waals surface area contributed by atoms with Crippen molar-refractivity contribution in [2.45, 2.75) is 6.18 Å². The van der Waals surface area contributed by atoms with Gasteiger partial charge in [-0.1, -0.05) is 59.3 Å². The highest BCUT2D eigenvalue weighted by molar-refractivity contribution is 6.42. The first-order valence-corrected chi connectivity index (χ1v) is 9.07. The highest BCUT2D eigenvalue weighted by atomic mass is 35.5. The SMILES string of the molecule is FC(F)(F)c1cc(-c2ccc(Cl)c(Cl)c2)nc2c(C#Cc3ccccc3)cnn12. The van der Waals surface area contributed by atoms with Gasteiger partial charge in [0.1, 0.15) is 0 Å². The van der Waals surface area contributed by atoms with Gasteiger partial charge in [-0.05, 0) is 30.3 Å². The molecule has 0 atom stereocenters. The maximum absolute atomic E-state index is 13.6. The average Bonchev–Trinajstić information content (AvgIpc) is 3.10. The quantitative estimate of drug-likeness (QED) is 0.339. The van der Waals surface area contributed by atoms with E-state index in [1.54, 1.807) is 18.2 Å². The molecular formula is C21H10Cl2F3N3. The van der Waals surface area contributed by atoms with Crippen molar-refractivity contribution in [2.24, 2.45) is 0 Å². The van der Waals surface area contributed by atoms with E-state index in [2.05, 4.69) is 21.9 Å². The molecule has 0 fully saturated rings. The minimum absolute atomic E-state index is 0.00401. The summed E-state index contributed by atoms with van der Waals surface area (Å²) >= 11 is 11.9. The Morgan fingerprint density at radius 3 is 2.34 bits per heavy atom. The van der Waals surface area contributed by atoms with E-state index in [1.807, 2.05) is 18.2 Å². The number of aromatic nitrogens is 3. The summed E-state index contributed by atoms with van der Waals surface area (Å²) in [5.41, 5.74) is 0.535. The molecule has 0 unspecified atom stereocenters. The molecule has 0 amide bonds. The highest BCUT2D eigenvalue weighted by Gasteiger charge is 2.35. The fourth-order valence-electron chi connectivity index (χ4n) is 2.72. The number of hydrogen-bond acceptors (Lipinski definition) is 2. The topological polar surface area (TPSA) is 30.2 Å². The first-order chi connectivity index (χ1) is 13.8. The standard InChI is InChI=1S/C21H10Cl2F3N3/c22-16-9-8-14(10-17(16)23)18-11-19(21(24,25)26)29-20(28-18)15(12-27-29)7-6-13-4-2-1-3-5-13/h1-5,8-12H. The molecule has 2 aromatic heterocycles. The molecule has 144 valence electrons. The van der Waals surface area contributed by atoms with E-state index in [4.69, 9.17) is 23.2 Å². The van der Waals surface area contributed by atoms with Gasteiger partial charge in [0.05, 0.1) is 27.5 Å². The molecule has 0 radical (unpaired) electrons. The lowest BCUT2D eigenvalue weighted by atomic mass is 10.1. The zero-order chi connectivity index (χ0) is 20.6. The van der Waals surface area contributed by atoms with Crippen LogP contribution in [-0.2, 0) is 6.18 Å². The van der Waals surface area contributed by atoms with E-state index in [1.165, 1.54) is 18.3 Å². The van der Waals surface area contributed by atoms with Crippen LogP contribution in [0.1, 0.15) is 16.8 Å². The van der Waals surface area contributed by atoms with Gasteiger partial charge in [-0.3, -0.25) is 0 Å². The van der Waals surface area contributed by atoms with Gasteiger partial charge in [-0.2, -0.15) is 18.3 Å². The molecule has 4 aromatic rings. The van der Waals surface area contributed by atoms with Crippen molar-refractivity contribution in [3.8, 4) is 23.1 Å². The van der Waals surface area contributed by atoms with Gasteiger partial charge in [0.2, 0.25) is 0 Å². The molecule has 0 aliphatic carbocycles. The van der Waals surface area contributed by atoms with Gasteiger partial charge in [0, 0.05) is 11.1 Å². The molecule has 8 heteroatoms. The number of rotatable bonds is 1. The molecule has 2 aromatic carbocycles. The lowest BCUT2D eigenvalue weighted by molar-refractivity contribution is -0.142. The summed E-state index contributed by atoms with van der Waals surface area (Å²) in [4.78, 5) is 4.36. The second-order valence-electron chi connectivity index (χ2n) is 6.06. The minimum atomic E-state index is -4.64. The predicted octanol–water partition coefficient (Wildman–Crippen LogP) is 6.12. The third kappa shape index (κ3) is 3.93. The zero-order valence-corrected chi connectivity index (χ0v) is 16.0. The zero-order valence-electron chi connectivity index (χ0n) is 14.5. The van der Waals surface area contributed by atoms with Crippen molar-refractivity contribution >= 4 is 28.8 Å². The summed E-state index contributed by atoms with van der Waals surface area (Å²) in [7, 11) is 0. The normalized spacial score (nSPS) is 11.3. The van der Waals surface area contributed by atoms with Crippen LogP contribution in [0.2, 0.25) is 10.0 Å². The van der Waals surface area contributed by atoms with Crippen LogP contribution >= 0.6 is 23.2 Å². The summed E-state index contributed by atoms with van der Waals surface area (Å²) in [6.45, 7) is 0. The Bertz CT molecular complexity index is 1270. The molecule has 0 aliphatic rings. The fourth-order valence-corrected chi connectivity index (χ4v) is 3.02. The van der Waals surface area contributed by atoms with E-state index in [-0.39, 0.29) is 21.9 Å². The third-order valence-corrected chi connectivity index (χ3v) is 4.83. The molecule has 29 heavy (non-hydrogen) atoms. The first kappa shape index (κ1) is 19.3. The van der Waals surface area contributed by atoms with Crippen LogP contribution in [0.4, 0.5) is 13.2 Å². The van der Waals surface area contributed by atoms with Gasteiger partial charge in [-0.25, -0.2) is 9.50 Å². The minimum Gasteiger partial charge on any atom is -0.227 e. The van der Waals surface area contributed by atoms with Crippen LogP contribution in [0.5, 0.6) is 0 Å². The maximum atomic E-state index is 13.6. The lowest BCUT2D eigenvalue weighted by Gasteiger charge is -2.11. The first-order valence-electron chi connectivity index (χ1n) is 8.31. The summed E-state index contributed by atoms with van der Waals surface area (Å²) in [5.74, 6) is 5.76. The van der Waals surface area contributed by atoms with Gasteiger partial charge < -0.3 is 0 Å². The Morgan fingerprint density at radius 2 is 1.66 bits per heavy atom. The van der Waals surface area contributed by atoms with Crippen molar-refractivity contribution in [1.29, 1.82) is 0 Å². The Hall–Kier alpha value is -3.01. The Kier molecular flexibility index (Phi) is 4.95. The summed E-state index contributed by atoms with van der Waals surface area (Å²) in [5, 5.41) is 4.37. The Balaban J connectivity index is 1.92. The maximum Gasteiger partial charge on any atom is 0.433 e. The van der Waals surface area contributed by atoms with Gasteiger partial charge in [0.25, 0.3) is 0 Å². The van der Waals surface area contributed by atoms with Crippen molar-refractivity contribution < 1.29 is 13.2 Å². The molecule has 0 bridgehead atoms. The number of halogens is 5. The Labute approximate surface area is 173 Å². The van der Waals surface area contributed by atoms with Crippen molar-refractivity contribution in [1.82, 2.24) is 14.6 Å². The fraction of sp³-hybridized carbons (Fsp3) is 0.0476. The second kappa shape index (κ2) is 7.43. The third-order valence-electron chi connectivity index (χ3n) is 4.09. The number of hydrogen-bond donors (Lipinski definition) is 0. The van der Waals surface area contributed by atoms with Gasteiger partial charge >= 0.3 is 6.18 Å². The lowest BCUT2D eigenvalue weighted by Crippen LogP contribution is -2.13. The molecule has 0 aliphatic heterocycles. The van der Waals surface area contributed by atoms with Crippen LogP contribution in [0.15, 0.2) is 60.8 Å². The molecule has 0 saturated heterocycles. The van der Waals surface area contributed by atoms with E-state index in [9.17, 15) is 13.2 Å². The smallest absolute Gasteiger partial charge is 0.227 e. The van der Waals surface area contributed by atoms with Crippen LogP contribution < -0.4 is 0 Å². The molecule has 3 nitrogen and oxygen atoms in total. The van der Waals surface area contributed by atoms with Crippen molar-refractivity contribution in [3.05, 3.63) is 87.7 Å². The molecular weight excluding hydrogens is 422 g/mol. The average molecular weight is 432 g/mol. The number of benzene rings is 2. The summed E-state index contributed by atoms with van der Waals surface area (Å²) in [6, 6.07) is 14.5.